The Balaban J connectivity index is -0.0000000133. The van der Waals surface area contributed by atoms with Crippen LogP contribution in [0.5, 0.6) is 0 Å². The van der Waals surface area contributed by atoms with Gasteiger partial charge in [0.15, 0.2) is 0 Å². The summed E-state index contributed by atoms with van der Waals surface area (Å²) in [7, 11) is 0. The molecule has 0 radical (unpaired) electrons. The van der Waals surface area contributed by atoms with Gasteiger partial charge in [-0.15, -0.1) is 0 Å². The molecular weight excluding hydrogens is 135 g/mol. The monoisotopic (exact) mass is 136 g/mol. The Kier molecular flexibility index (Phi) is 1140. The molecule has 0 aliphatic carbocycles. The molecule has 0 heterocycles. The molecule has 0 aromatic heterocycles. The van der Waals surface area contributed by atoms with E-state index in [1.54, 1.807) is 0 Å². The smallest absolute Gasteiger partial charge is 0 e. The molecule has 0 aromatic carbocycles. The zero-order valence-electron chi connectivity index (χ0n) is 2.36. The van der Waals surface area contributed by atoms with Gasteiger partial charge in [-0.25, -0.2) is 10.6 Å². The molecule has 0 spiro atoms. The SMILES string of the molecule is OF.OF.[Zn]. The molecule has 2 N–H and O–H groups in total. The predicted octanol–water partition coefficient (Wildman–Crippen LogP) is -0.276. The van der Waals surface area contributed by atoms with Crippen LogP contribution in [0, 0.1) is 0 Å². The van der Waals surface area contributed by atoms with Crippen molar-refractivity contribution in [2.24, 2.45) is 0 Å². The Bertz CT molecular complexity index is 7.61. The number of hydrogen-bond acceptors (Lipinski definition) is 2. The molecule has 0 aliphatic rings. The summed E-state index contributed by atoms with van der Waals surface area (Å²) in [6, 6.07) is 0. The van der Waals surface area contributed by atoms with E-state index in [0.717, 1.165) is 0 Å². The van der Waals surface area contributed by atoms with Crippen molar-refractivity contribution in [2.75, 3.05) is 0 Å². The van der Waals surface area contributed by atoms with Gasteiger partial charge < -0.3 is 0 Å². The maximum absolute atomic E-state index is 8.50. The van der Waals surface area contributed by atoms with Gasteiger partial charge in [0.2, 0.25) is 0 Å². The van der Waals surface area contributed by atoms with E-state index in [4.69, 9.17) is 19.7 Å². The van der Waals surface area contributed by atoms with Crippen LogP contribution in [-0.2, 0) is 19.5 Å². The standard InChI is InChI=1S/2FHO.Zn/c2*1-2;/h2*2H;. The van der Waals surface area contributed by atoms with E-state index in [1.165, 1.54) is 0 Å². The number of rotatable bonds is 0. The van der Waals surface area contributed by atoms with Gasteiger partial charge in [0, 0.05) is 19.5 Å². The van der Waals surface area contributed by atoms with Crippen LogP contribution in [0.3, 0.4) is 0 Å². The average Bonchev–Trinajstić information content (AvgIpc) is 1.50. The van der Waals surface area contributed by atoms with Crippen molar-refractivity contribution < 1.29 is 39.2 Å². The van der Waals surface area contributed by atoms with Gasteiger partial charge in [-0.2, -0.15) is 0 Å². The summed E-state index contributed by atoms with van der Waals surface area (Å²) in [6.07, 6.45) is 0. The van der Waals surface area contributed by atoms with Crippen LogP contribution in [0.1, 0.15) is 0 Å². The Labute approximate surface area is 40.0 Å². The first-order chi connectivity index (χ1) is 2.00. The second kappa shape index (κ2) is 313. The van der Waals surface area contributed by atoms with Gasteiger partial charge in [0.25, 0.3) is 0 Å². The summed E-state index contributed by atoms with van der Waals surface area (Å²) < 4.78 is 17.0. The topological polar surface area (TPSA) is 40.5 Å². The minimum absolute atomic E-state index is 0. The van der Waals surface area contributed by atoms with Crippen LogP contribution in [0.25, 0.3) is 0 Å². The molecule has 0 aliphatic heterocycles. The second-order valence-corrected chi connectivity index (χ2v) is 0. The molecule has 2 nitrogen and oxygen atoms in total. The minimum Gasteiger partial charge on any atom is -0.209 e. The molecule has 0 rings (SSSR count). The molecule has 0 unspecified atom stereocenters. The third-order valence-corrected chi connectivity index (χ3v) is 0. The molecule has 30 valence electrons. The largest absolute Gasteiger partial charge is 0.209 e. The van der Waals surface area contributed by atoms with Gasteiger partial charge in [0.05, 0.1) is 0 Å². The van der Waals surface area contributed by atoms with Crippen molar-refractivity contribution in [3.63, 3.8) is 0 Å². The Morgan fingerprint density at radius 3 is 0.800 bits per heavy atom. The van der Waals surface area contributed by atoms with E-state index >= 15 is 0 Å². The van der Waals surface area contributed by atoms with Crippen molar-refractivity contribution in [1.82, 2.24) is 0 Å². The fourth-order valence-corrected chi connectivity index (χ4v) is 0. The molecule has 0 amide bonds. The van der Waals surface area contributed by atoms with Gasteiger partial charge in [0.1, 0.15) is 0 Å². The fraction of sp³-hybridized carbons (Fsp3) is 0. The predicted molar refractivity (Wildman–Crippen MR) is 6.65 cm³/mol. The second-order valence-electron chi connectivity index (χ2n) is 0. The zero-order chi connectivity index (χ0) is 4.00. The van der Waals surface area contributed by atoms with E-state index in [9.17, 15) is 0 Å². The van der Waals surface area contributed by atoms with E-state index in [0.29, 0.717) is 0 Å². The summed E-state index contributed by atoms with van der Waals surface area (Å²) in [6.45, 7) is 0. The van der Waals surface area contributed by atoms with Gasteiger partial charge in [-0.1, -0.05) is 9.05 Å². The van der Waals surface area contributed by atoms with Crippen LogP contribution in [0.15, 0.2) is 0 Å². The van der Waals surface area contributed by atoms with Crippen LogP contribution in [0.4, 0.5) is 9.05 Å². The minimum atomic E-state index is 0. The fourth-order valence-electron chi connectivity index (χ4n) is 0. The molecule has 0 fully saturated rings. The van der Waals surface area contributed by atoms with Crippen molar-refractivity contribution >= 4 is 0 Å². The van der Waals surface area contributed by atoms with Crippen molar-refractivity contribution in [1.29, 1.82) is 0 Å². The third-order valence-electron chi connectivity index (χ3n) is 0. The number of halogens is 2. The first-order valence-electron chi connectivity index (χ1n) is 0.338. The van der Waals surface area contributed by atoms with E-state index in [1.807, 2.05) is 0 Å². The number of hydrogen-bond donors (Lipinski definition) is 2. The molecule has 5 heteroatoms. The normalized spacial score (nSPS) is 2.40. The van der Waals surface area contributed by atoms with Crippen LogP contribution >= 0.6 is 0 Å². The molecule has 0 atom stereocenters. The van der Waals surface area contributed by atoms with Crippen molar-refractivity contribution in [3.8, 4) is 0 Å². The Morgan fingerprint density at radius 2 is 0.800 bits per heavy atom. The summed E-state index contributed by atoms with van der Waals surface area (Å²) in [5, 5.41) is 11.0. The quantitative estimate of drug-likeness (QED) is 0.451. The average molecular weight is 137 g/mol. The summed E-state index contributed by atoms with van der Waals surface area (Å²) in [4.78, 5) is 0. The first-order valence-corrected chi connectivity index (χ1v) is 0.338. The molecular formula is H2F2O2Zn. The van der Waals surface area contributed by atoms with E-state index in [-0.39, 0.29) is 19.5 Å². The zero-order valence-corrected chi connectivity index (χ0v) is 5.32. The summed E-state index contributed by atoms with van der Waals surface area (Å²) in [5.74, 6) is 0. The maximum atomic E-state index is 8.50. The van der Waals surface area contributed by atoms with Crippen molar-refractivity contribution in [3.05, 3.63) is 0 Å². The Morgan fingerprint density at radius 1 is 0.800 bits per heavy atom. The van der Waals surface area contributed by atoms with Crippen LogP contribution in [-0.4, -0.2) is 10.6 Å². The Hall–Kier alpha value is 0.403. The van der Waals surface area contributed by atoms with Gasteiger partial charge >= 0.3 is 0 Å². The molecule has 5 heavy (non-hydrogen) atoms. The van der Waals surface area contributed by atoms with E-state index in [2.05, 4.69) is 0 Å². The maximum Gasteiger partial charge on any atom is 0 e. The summed E-state index contributed by atoms with van der Waals surface area (Å²) in [5.41, 5.74) is 0. The van der Waals surface area contributed by atoms with Gasteiger partial charge in [-0.3, -0.25) is 0 Å². The van der Waals surface area contributed by atoms with Gasteiger partial charge in [-0.05, 0) is 0 Å². The molecule has 0 aromatic rings. The summed E-state index contributed by atoms with van der Waals surface area (Å²) >= 11 is 0. The molecule has 0 saturated carbocycles. The first kappa shape index (κ1) is 18.1. The van der Waals surface area contributed by atoms with Crippen LogP contribution in [0.2, 0.25) is 0 Å². The third kappa shape index (κ3) is 156. The molecule has 0 saturated heterocycles. The van der Waals surface area contributed by atoms with E-state index < -0.39 is 0 Å². The molecule has 0 bridgehead atoms. The van der Waals surface area contributed by atoms with Crippen molar-refractivity contribution in [2.45, 2.75) is 0 Å². The van der Waals surface area contributed by atoms with Crippen LogP contribution < -0.4 is 0 Å².